The Bertz CT molecular complexity index is 502. The van der Waals surface area contributed by atoms with Gasteiger partial charge in [0.25, 0.3) is 0 Å². The van der Waals surface area contributed by atoms with Crippen LogP contribution in [0.4, 0.5) is 10.1 Å². The molecule has 4 N–H and O–H groups in total. The minimum atomic E-state index is -0.794. The molecule has 5 nitrogen and oxygen atoms in total. The fourth-order valence-electron chi connectivity index (χ4n) is 1.47. The fraction of sp³-hybridized carbons (Fsp3) is 0.273. The van der Waals surface area contributed by atoms with Crippen LogP contribution in [0.5, 0.6) is 0 Å². The molecule has 0 saturated carbocycles. The molecule has 1 aromatic carbocycles. The van der Waals surface area contributed by atoms with E-state index in [-0.39, 0.29) is 16.5 Å². The van der Waals surface area contributed by atoms with Crippen molar-refractivity contribution in [2.45, 2.75) is 13.3 Å². The molecule has 19 heavy (non-hydrogen) atoms. The highest BCUT2D eigenvalue weighted by atomic mass is 79.9. The smallest absolute Gasteiger partial charge is 0.235 e. The summed E-state index contributed by atoms with van der Waals surface area (Å²) >= 11 is 8.95. The number of hydrogen-bond acceptors (Lipinski definition) is 3. The largest absolute Gasteiger partial charge is 0.409 e. The van der Waals surface area contributed by atoms with Crippen LogP contribution in [0.25, 0.3) is 0 Å². The van der Waals surface area contributed by atoms with Gasteiger partial charge in [0.05, 0.1) is 16.6 Å². The van der Waals surface area contributed by atoms with E-state index in [2.05, 4.69) is 26.4 Å². The average Bonchev–Trinajstić information content (AvgIpc) is 2.34. The quantitative estimate of drug-likeness (QED) is 0.337. The number of carbonyl (C=O) groups excluding carboxylic acids is 1. The van der Waals surface area contributed by atoms with E-state index in [0.717, 1.165) is 6.07 Å². The molecule has 1 amide bonds. The van der Waals surface area contributed by atoms with Crippen molar-refractivity contribution in [1.82, 2.24) is 0 Å². The first-order chi connectivity index (χ1) is 8.90. The molecule has 0 aliphatic carbocycles. The molecule has 0 fully saturated rings. The third kappa shape index (κ3) is 3.81. The highest BCUT2D eigenvalue weighted by molar-refractivity contribution is 9.10. The summed E-state index contributed by atoms with van der Waals surface area (Å²) in [7, 11) is 0. The van der Waals surface area contributed by atoms with Gasteiger partial charge in [0.1, 0.15) is 5.82 Å². The monoisotopic (exact) mass is 351 g/mol. The van der Waals surface area contributed by atoms with Gasteiger partial charge in [0, 0.05) is 4.47 Å². The zero-order valence-corrected chi connectivity index (χ0v) is 12.3. The number of hydrogen-bond donors (Lipinski definition) is 3. The van der Waals surface area contributed by atoms with Gasteiger partial charge in [-0.3, -0.25) is 4.79 Å². The van der Waals surface area contributed by atoms with Gasteiger partial charge in [0.2, 0.25) is 5.91 Å². The van der Waals surface area contributed by atoms with Crippen molar-refractivity contribution in [1.29, 1.82) is 0 Å². The number of nitrogens with one attached hydrogen (secondary N) is 1. The summed E-state index contributed by atoms with van der Waals surface area (Å²) in [6.45, 7) is 1.71. The molecule has 0 aliphatic rings. The van der Waals surface area contributed by atoms with Gasteiger partial charge < -0.3 is 16.3 Å². The summed E-state index contributed by atoms with van der Waals surface area (Å²) in [6, 6.07) is 2.25. The van der Waals surface area contributed by atoms with Crippen molar-refractivity contribution < 1.29 is 14.4 Å². The number of nitrogens with zero attached hydrogens (tertiary/aromatic N) is 1. The van der Waals surface area contributed by atoms with Crippen molar-refractivity contribution in [2.24, 2.45) is 16.8 Å². The topological polar surface area (TPSA) is 87.7 Å². The second-order valence-electron chi connectivity index (χ2n) is 3.72. The summed E-state index contributed by atoms with van der Waals surface area (Å²) < 4.78 is 13.4. The minimum absolute atomic E-state index is 0.0505. The lowest BCUT2D eigenvalue weighted by atomic mass is 10.0. The summed E-state index contributed by atoms with van der Waals surface area (Å²) in [6.07, 6.45) is 0.345. The predicted octanol–water partition coefficient (Wildman–Crippen LogP) is 2.95. The van der Waals surface area contributed by atoms with Crippen molar-refractivity contribution >= 4 is 45.0 Å². The molecule has 0 saturated heterocycles. The normalized spacial score (nSPS) is 13.2. The number of anilines is 1. The number of carbonyl (C=O) groups is 1. The first-order valence-electron chi connectivity index (χ1n) is 5.33. The highest BCUT2D eigenvalue weighted by Crippen LogP contribution is 2.32. The van der Waals surface area contributed by atoms with E-state index in [1.54, 1.807) is 6.92 Å². The van der Waals surface area contributed by atoms with E-state index in [1.165, 1.54) is 6.07 Å². The SMILES string of the molecule is CCC(C(=O)Nc1c(Cl)cc(F)cc1Br)C(N)=NO. The molecule has 0 heterocycles. The van der Waals surface area contributed by atoms with E-state index in [9.17, 15) is 9.18 Å². The first kappa shape index (κ1) is 15.7. The lowest BCUT2D eigenvalue weighted by Crippen LogP contribution is -2.34. The van der Waals surface area contributed by atoms with Crippen LogP contribution in [-0.2, 0) is 4.79 Å². The second-order valence-corrected chi connectivity index (χ2v) is 4.98. The van der Waals surface area contributed by atoms with Gasteiger partial charge in [-0.25, -0.2) is 4.39 Å². The number of nitrogens with two attached hydrogens (primary N) is 1. The Kier molecular flexibility index (Phi) is 5.56. The van der Waals surface area contributed by atoms with E-state index in [4.69, 9.17) is 22.5 Å². The van der Waals surface area contributed by atoms with Crippen LogP contribution in [0.2, 0.25) is 5.02 Å². The van der Waals surface area contributed by atoms with Crippen LogP contribution < -0.4 is 11.1 Å². The van der Waals surface area contributed by atoms with Crippen molar-refractivity contribution in [2.75, 3.05) is 5.32 Å². The fourth-order valence-corrected chi connectivity index (χ4v) is 2.37. The molecular weight excluding hydrogens is 340 g/mol. The third-order valence-corrected chi connectivity index (χ3v) is 3.38. The highest BCUT2D eigenvalue weighted by Gasteiger charge is 2.23. The Morgan fingerprint density at radius 3 is 2.79 bits per heavy atom. The maximum Gasteiger partial charge on any atom is 0.235 e. The number of benzene rings is 1. The van der Waals surface area contributed by atoms with E-state index in [1.807, 2.05) is 0 Å². The third-order valence-electron chi connectivity index (χ3n) is 2.45. The van der Waals surface area contributed by atoms with Gasteiger partial charge >= 0.3 is 0 Å². The van der Waals surface area contributed by atoms with Gasteiger partial charge in [0.15, 0.2) is 5.84 Å². The molecule has 1 atom stereocenters. The predicted molar refractivity (Wildman–Crippen MR) is 74.9 cm³/mol. The van der Waals surface area contributed by atoms with Crippen molar-refractivity contribution in [3.8, 4) is 0 Å². The van der Waals surface area contributed by atoms with E-state index >= 15 is 0 Å². The maximum absolute atomic E-state index is 13.1. The molecular formula is C11H12BrClFN3O2. The molecule has 1 unspecified atom stereocenters. The number of rotatable bonds is 4. The summed E-state index contributed by atoms with van der Waals surface area (Å²) in [4.78, 5) is 12.0. The molecule has 0 aromatic heterocycles. The van der Waals surface area contributed by atoms with Crippen LogP contribution in [-0.4, -0.2) is 17.0 Å². The molecule has 1 aromatic rings. The van der Waals surface area contributed by atoms with Gasteiger partial charge in [-0.05, 0) is 34.5 Å². The minimum Gasteiger partial charge on any atom is -0.409 e. The number of halogens is 3. The first-order valence-corrected chi connectivity index (χ1v) is 6.50. The molecule has 8 heteroatoms. The molecule has 0 radical (unpaired) electrons. The Labute approximate surface area is 122 Å². The Hall–Kier alpha value is -1.34. The zero-order valence-electron chi connectivity index (χ0n) is 9.95. The molecule has 0 bridgehead atoms. The summed E-state index contributed by atoms with van der Waals surface area (Å²) in [5, 5.41) is 14.0. The van der Waals surface area contributed by atoms with Gasteiger partial charge in [-0.2, -0.15) is 0 Å². The van der Waals surface area contributed by atoms with Crippen molar-refractivity contribution in [3.05, 3.63) is 27.4 Å². The lowest BCUT2D eigenvalue weighted by molar-refractivity contribution is -0.118. The molecule has 0 aliphatic heterocycles. The average molecular weight is 353 g/mol. The standard InChI is InChI=1S/C11H12BrClFN3O2/c1-2-6(10(15)17-19)11(18)16-9-7(12)3-5(14)4-8(9)13/h3-4,6,19H,2H2,1H3,(H2,15,17)(H,16,18). The van der Waals surface area contributed by atoms with E-state index < -0.39 is 17.6 Å². The number of oxime groups is 1. The summed E-state index contributed by atoms with van der Waals surface area (Å²) in [5.41, 5.74) is 5.65. The zero-order chi connectivity index (χ0) is 14.6. The Morgan fingerprint density at radius 2 is 2.32 bits per heavy atom. The molecule has 0 spiro atoms. The maximum atomic E-state index is 13.1. The Morgan fingerprint density at radius 1 is 1.68 bits per heavy atom. The van der Waals surface area contributed by atoms with Gasteiger partial charge in [-0.1, -0.05) is 23.7 Å². The van der Waals surface area contributed by atoms with Crippen molar-refractivity contribution in [3.63, 3.8) is 0 Å². The van der Waals surface area contributed by atoms with Crippen LogP contribution in [0, 0.1) is 11.7 Å². The van der Waals surface area contributed by atoms with E-state index in [0.29, 0.717) is 10.9 Å². The van der Waals surface area contributed by atoms with Crippen LogP contribution >= 0.6 is 27.5 Å². The number of amides is 1. The number of amidine groups is 1. The lowest BCUT2D eigenvalue weighted by Gasteiger charge is -2.15. The molecule has 104 valence electrons. The van der Waals surface area contributed by atoms with Crippen LogP contribution in [0.3, 0.4) is 0 Å². The van der Waals surface area contributed by atoms with Crippen LogP contribution in [0.1, 0.15) is 13.3 Å². The molecule has 1 rings (SSSR count). The van der Waals surface area contributed by atoms with Crippen LogP contribution in [0.15, 0.2) is 21.8 Å². The Balaban J connectivity index is 3.00. The second kappa shape index (κ2) is 6.72. The summed E-state index contributed by atoms with van der Waals surface area (Å²) in [5.74, 6) is -2.02. The van der Waals surface area contributed by atoms with Gasteiger partial charge in [-0.15, -0.1) is 0 Å².